The molecule has 0 radical (unpaired) electrons. The maximum atomic E-state index is 12.4. The third-order valence-electron chi connectivity index (χ3n) is 4.26. The van der Waals surface area contributed by atoms with Crippen LogP contribution in [0.2, 0.25) is 0 Å². The first-order chi connectivity index (χ1) is 15.8. The van der Waals surface area contributed by atoms with Crippen LogP contribution in [-0.2, 0) is 11.3 Å². The van der Waals surface area contributed by atoms with Crippen LogP contribution in [0.3, 0.4) is 0 Å². The molecule has 33 heavy (non-hydrogen) atoms. The number of aryl methyl sites for hydroxylation is 1. The zero-order chi connectivity index (χ0) is 23.8. The molecule has 3 aromatic rings. The number of aromatic nitrogens is 4. The van der Waals surface area contributed by atoms with E-state index in [4.69, 9.17) is 14.7 Å². The van der Waals surface area contributed by atoms with E-state index >= 15 is 0 Å². The first-order valence-corrected chi connectivity index (χ1v) is 9.86. The van der Waals surface area contributed by atoms with E-state index in [1.165, 1.54) is 6.07 Å². The third-order valence-corrected chi connectivity index (χ3v) is 4.26. The maximum absolute atomic E-state index is 12.4. The highest BCUT2D eigenvalue weighted by atomic mass is 19.4. The molecule has 0 aliphatic heterocycles. The topological polar surface area (TPSA) is 110 Å². The Hall–Kier alpha value is -3.85. The summed E-state index contributed by atoms with van der Waals surface area (Å²) in [7, 11) is 1.54. The number of alkyl halides is 3. The van der Waals surface area contributed by atoms with Crippen LogP contribution in [-0.4, -0.2) is 46.0 Å². The Labute approximate surface area is 188 Å². The average Bonchev–Trinajstić information content (AvgIpc) is 3.19. The maximum Gasteiger partial charge on any atom is 0.411 e. The van der Waals surface area contributed by atoms with Crippen LogP contribution in [0.5, 0.6) is 5.75 Å². The van der Waals surface area contributed by atoms with Gasteiger partial charge in [0.2, 0.25) is 5.95 Å². The Bertz CT molecular complexity index is 1130. The zero-order valence-corrected chi connectivity index (χ0v) is 18.0. The molecule has 0 fully saturated rings. The number of halogens is 3. The smallest absolute Gasteiger partial charge is 0.411 e. The van der Waals surface area contributed by atoms with Crippen LogP contribution in [0.4, 0.5) is 30.6 Å². The molecule has 0 saturated carbocycles. The van der Waals surface area contributed by atoms with Gasteiger partial charge in [0.05, 0.1) is 49.6 Å². The normalized spacial score (nSPS) is 11.2. The van der Waals surface area contributed by atoms with Crippen molar-refractivity contribution in [3.63, 3.8) is 0 Å². The summed E-state index contributed by atoms with van der Waals surface area (Å²) in [5.74, 6) is 1.07. The van der Waals surface area contributed by atoms with E-state index < -0.39 is 12.8 Å². The summed E-state index contributed by atoms with van der Waals surface area (Å²) < 4.78 is 49.3. The Morgan fingerprint density at radius 3 is 2.70 bits per heavy atom. The highest BCUT2D eigenvalue weighted by Crippen LogP contribution is 2.28. The molecular formula is C21H22F3N7O2. The lowest BCUT2D eigenvalue weighted by molar-refractivity contribution is -0.176. The molecule has 0 unspecified atom stereocenters. The Balaban J connectivity index is 1.82. The van der Waals surface area contributed by atoms with E-state index in [0.717, 1.165) is 11.4 Å². The van der Waals surface area contributed by atoms with Gasteiger partial charge in [0, 0.05) is 30.6 Å². The van der Waals surface area contributed by atoms with Crippen LogP contribution >= 0.6 is 0 Å². The van der Waals surface area contributed by atoms with Gasteiger partial charge >= 0.3 is 6.18 Å². The van der Waals surface area contributed by atoms with Crippen molar-refractivity contribution in [2.45, 2.75) is 26.1 Å². The van der Waals surface area contributed by atoms with E-state index in [2.05, 4.69) is 25.6 Å². The summed E-state index contributed by atoms with van der Waals surface area (Å²) in [6, 6.07) is 8.82. The predicted octanol–water partition coefficient (Wildman–Crippen LogP) is 4.13. The second-order valence-corrected chi connectivity index (χ2v) is 6.94. The molecule has 9 nitrogen and oxygen atoms in total. The van der Waals surface area contributed by atoms with Crippen molar-refractivity contribution in [3.05, 3.63) is 48.2 Å². The van der Waals surface area contributed by atoms with Crippen molar-refractivity contribution in [1.29, 1.82) is 5.26 Å². The fourth-order valence-corrected chi connectivity index (χ4v) is 2.89. The number of benzene rings is 1. The van der Waals surface area contributed by atoms with Crippen molar-refractivity contribution in [1.82, 2.24) is 19.5 Å². The quantitative estimate of drug-likeness (QED) is 0.434. The number of hydrogen-bond donors (Lipinski definition) is 2. The van der Waals surface area contributed by atoms with Crippen molar-refractivity contribution in [2.24, 2.45) is 0 Å². The van der Waals surface area contributed by atoms with Gasteiger partial charge in [-0.2, -0.15) is 23.4 Å². The molecule has 2 heterocycles. The van der Waals surface area contributed by atoms with Crippen LogP contribution in [0.15, 0.2) is 36.8 Å². The van der Waals surface area contributed by atoms with Crippen LogP contribution in [0.25, 0.3) is 5.69 Å². The second kappa shape index (κ2) is 10.6. The van der Waals surface area contributed by atoms with Crippen LogP contribution < -0.4 is 15.4 Å². The van der Waals surface area contributed by atoms with Crippen LogP contribution in [0, 0.1) is 18.3 Å². The lowest BCUT2D eigenvalue weighted by Crippen LogP contribution is -2.17. The van der Waals surface area contributed by atoms with E-state index in [1.807, 2.05) is 29.8 Å². The number of hydrogen-bond acceptors (Lipinski definition) is 8. The molecule has 2 aromatic heterocycles. The van der Waals surface area contributed by atoms with Gasteiger partial charge in [-0.3, -0.25) is 0 Å². The Morgan fingerprint density at radius 1 is 1.21 bits per heavy atom. The molecule has 12 heteroatoms. The van der Waals surface area contributed by atoms with Gasteiger partial charge in [0.15, 0.2) is 0 Å². The first-order valence-electron chi connectivity index (χ1n) is 9.86. The van der Waals surface area contributed by atoms with Gasteiger partial charge in [-0.1, -0.05) is 0 Å². The summed E-state index contributed by atoms with van der Waals surface area (Å²) in [5, 5.41) is 14.7. The Kier molecular flexibility index (Phi) is 7.68. The fraction of sp³-hybridized carbons (Fsp3) is 0.333. The van der Waals surface area contributed by atoms with Gasteiger partial charge in [0.25, 0.3) is 0 Å². The molecule has 3 rings (SSSR count). The number of imidazole rings is 1. The van der Waals surface area contributed by atoms with Gasteiger partial charge < -0.3 is 24.7 Å². The van der Waals surface area contributed by atoms with Crippen molar-refractivity contribution in [3.8, 4) is 17.5 Å². The van der Waals surface area contributed by atoms with E-state index in [1.54, 1.807) is 25.6 Å². The Morgan fingerprint density at radius 2 is 2.03 bits per heavy atom. The van der Waals surface area contributed by atoms with Crippen molar-refractivity contribution < 1.29 is 22.6 Å². The zero-order valence-electron chi connectivity index (χ0n) is 18.0. The highest BCUT2D eigenvalue weighted by Gasteiger charge is 2.27. The lowest BCUT2D eigenvalue weighted by Gasteiger charge is -2.14. The van der Waals surface area contributed by atoms with E-state index in [0.29, 0.717) is 23.8 Å². The minimum absolute atomic E-state index is 0.149. The summed E-state index contributed by atoms with van der Waals surface area (Å²) in [6.07, 6.45) is -0.669. The van der Waals surface area contributed by atoms with E-state index in [-0.39, 0.29) is 24.7 Å². The van der Waals surface area contributed by atoms with Gasteiger partial charge in [0.1, 0.15) is 18.2 Å². The van der Waals surface area contributed by atoms with Gasteiger partial charge in [-0.05, 0) is 19.1 Å². The number of anilines is 3. The molecule has 2 N–H and O–H groups in total. The number of ether oxygens (including phenoxy) is 2. The molecular weight excluding hydrogens is 439 g/mol. The summed E-state index contributed by atoms with van der Waals surface area (Å²) in [5.41, 5.74) is 2.48. The lowest BCUT2D eigenvalue weighted by atomic mass is 10.2. The largest absolute Gasteiger partial charge is 0.494 e. The van der Waals surface area contributed by atoms with Gasteiger partial charge in [-0.15, -0.1) is 0 Å². The predicted molar refractivity (Wildman–Crippen MR) is 115 cm³/mol. The molecule has 0 saturated heterocycles. The fourth-order valence-electron chi connectivity index (χ4n) is 2.89. The molecule has 0 bridgehead atoms. The molecule has 0 spiro atoms. The minimum atomic E-state index is -4.44. The van der Waals surface area contributed by atoms with Gasteiger partial charge in [-0.25, -0.2) is 9.97 Å². The SMILES string of the molecule is COc1cc(Nc2nc(COCC(F)(F)F)cc(NCCC#N)n2)ccc1-n1cnc(C)c1. The molecule has 0 aliphatic carbocycles. The number of nitriles is 1. The molecule has 0 aliphatic rings. The first kappa shape index (κ1) is 23.8. The number of nitrogens with one attached hydrogen (secondary N) is 2. The number of methoxy groups -OCH3 is 1. The summed E-state index contributed by atoms with van der Waals surface area (Å²) in [4.78, 5) is 12.8. The molecule has 174 valence electrons. The summed E-state index contributed by atoms with van der Waals surface area (Å²) in [6.45, 7) is 0.460. The minimum Gasteiger partial charge on any atom is -0.494 e. The average molecular weight is 461 g/mol. The van der Waals surface area contributed by atoms with E-state index in [9.17, 15) is 13.2 Å². The highest BCUT2D eigenvalue weighted by molar-refractivity contribution is 5.62. The van der Waals surface area contributed by atoms with Crippen molar-refractivity contribution >= 4 is 17.5 Å². The number of nitrogens with zero attached hydrogens (tertiary/aromatic N) is 5. The second-order valence-electron chi connectivity index (χ2n) is 6.94. The van der Waals surface area contributed by atoms with Crippen molar-refractivity contribution in [2.75, 3.05) is 30.9 Å². The molecule has 0 atom stereocenters. The summed E-state index contributed by atoms with van der Waals surface area (Å²) >= 11 is 0. The molecule has 1 aromatic carbocycles. The van der Waals surface area contributed by atoms with Crippen LogP contribution in [0.1, 0.15) is 17.8 Å². The molecule has 0 amide bonds. The standard InChI is InChI=1S/C21H22F3N7O2/c1-14-10-31(13-27-14)17-5-4-15(8-18(17)32-2)28-20-29-16(11-33-12-21(22,23)24)9-19(30-20)26-7-3-6-25/h4-5,8-10,13H,3,7,11-12H2,1-2H3,(H2,26,28,29,30). The third kappa shape index (κ3) is 7.08. The monoisotopic (exact) mass is 461 g/mol. The number of rotatable bonds is 10.